The number of carbonyl (C=O) groups is 1. The van der Waals surface area contributed by atoms with Crippen LogP contribution in [0.15, 0.2) is 22.6 Å². The molecule has 0 unspecified atom stereocenters. The van der Waals surface area contributed by atoms with E-state index in [1.165, 1.54) is 0 Å². The second-order valence-electron chi connectivity index (χ2n) is 6.78. The van der Waals surface area contributed by atoms with Gasteiger partial charge in [-0.1, -0.05) is 29.3 Å². The van der Waals surface area contributed by atoms with Crippen LogP contribution in [0.5, 0.6) is 0 Å². The average Bonchev–Trinajstić information content (AvgIpc) is 2.94. The van der Waals surface area contributed by atoms with Crippen LogP contribution in [0, 0.1) is 19.8 Å². The highest BCUT2D eigenvalue weighted by molar-refractivity contribution is 6.43. The Balaban J connectivity index is 1.45. The van der Waals surface area contributed by atoms with Gasteiger partial charge < -0.3 is 9.73 Å². The third-order valence-electron chi connectivity index (χ3n) is 4.89. The second kappa shape index (κ2) is 8.42. The summed E-state index contributed by atoms with van der Waals surface area (Å²) in [5, 5.41) is 3.68. The summed E-state index contributed by atoms with van der Waals surface area (Å²) in [5.41, 5.74) is 1.38. The first-order valence-electron chi connectivity index (χ1n) is 8.81. The van der Waals surface area contributed by atoms with Gasteiger partial charge in [0.2, 0.25) is 5.89 Å². The molecular weight excluding hydrogens is 373 g/mol. The van der Waals surface area contributed by atoms with Crippen LogP contribution < -0.4 is 5.32 Å². The highest BCUT2D eigenvalue weighted by atomic mass is 35.5. The van der Waals surface area contributed by atoms with Crippen molar-refractivity contribution in [1.82, 2.24) is 15.2 Å². The minimum atomic E-state index is -0.175. The third-order valence-corrected chi connectivity index (χ3v) is 5.71. The molecule has 1 N–H and O–H groups in total. The van der Waals surface area contributed by atoms with Gasteiger partial charge in [0, 0.05) is 6.54 Å². The molecule has 1 aliphatic rings. The van der Waals surface area contributed by atoms with E-state index >= 15 is 0 Å². The van der Waals surface area contributed by atoms with Crippen molar-refractivity contribution < 1.29 is 9.21 Å². The third kappa shape index (κ3) is 4.58. The molecule has 1 fully saturated rings. The van der Waals surface area contributed by atoms with Crippen molar-refractivity contribution in [2.45, 2.75) is 33.2 Å². The van der Waals surface area contributed by atoms with Crippen molar-refractivity contribution in [3.63, 3.8) is 0 Å². The first-order valence-corrected chi connectivity index (χ1v) is 9.57. The fraction of sp³-hybridized carbons (Fsp3) is 0.474. The van der Waals surface area contributed by atoms with E-state index in [4.69, 9.17) is 27.6 Å². The molecule has 0 spiro atoms. The SMILES string of the molecule is Cc1nc(CN2CCC(CNC(=O)c3cccc(Cl)c3Cl)CC2)oc1C. The van der Waals surface area contributed by atoms with Crippen LogP contribution in [-0.2, 0) is 6.54 Å². The molecule has 1 amide bonds. The fourth-order valence-electron chi connectivity index (χ4n) is 3.16. The van der Waals surface area contributed by atoms with E-state index in [0.29, 0.717) is 28.1 Å². The highest BCUT2D eigenvalue weighted by Gasteiger charge is 2.22. The number of likely N-dealkylation sites (tertiary alicyclic amines) is 1. The molecule has 5 nitrogen and oxygen atoms in total. The molecule has 0 radical (unpaired) electrons. The molecule has 0 bridgehead atoms. The number of carbonyl (C=O) groups excluding carboxylic acids is 1. The molecule has 0 saturated carbocycles. The minimum absolute atomic E-state index is 0.175. The zero-order valence-electron chi connectivity index (χ0n) is 15.0. The van der Waals surface area contributed by atoms with Gasteiger partial charge in [-0.2, -0.15) is 0 Å². The van der Waals surface area contributed by atoms with Gasteiger partial charge in [0.05, 0.1) is 27.8 Å². The average molecular weight is 396 g/mol. The Morgan fingerprint density at radius 1 is 1.31 bits per heavy atom. The summed E-state index contributed by atoms with van der Waals surface area (Å²) >= 11 is 12.1. The monoisotopic (exact) mass is 395 g/mol. The Bertz CT molecular complexity index is 764. The molecule has 140 valence electrons. The largest absolute Gasteiger partial charge is 0.444 e. The number of piperidine rings is 1. The number of halogens is 2. The number of nitrogens with zero attached hydrogens (tertiary/aromatic N) is 2. The molecule has 0 atom stereocenters. The van der Waals surface area contributed by atoms with E-state index in [1.807, 2.05) is 13.8 Å². The van der Waals surface area contributed by atoms with Gasteiger partial charge in [-0.3, -0.25) is 9.69 Å². The van der Waals surface area contributed by atoms with Crippen molar-refractivity contribution in [2.75, 3.05) is 19.6 Å². The van der Waals surface area contributed by atoms with Crippen LogP contribution in [0.4, 0.5) is 0 Å². The summed E-state index contributed by atoms with van der Waals surface area (Å²) in [5.74, 6) is 1.95. The first-order chi connectivity index (χ1) is 12.4. The normalized spacial score (nSPS) is 16.0. The number of rotatable bonds is 5. The van der Waals surface area contributed by atoms with Crippen LogP contribution in [-0.4, -0.2) is 35.4 Å². The number of oxazole rings is 1. The van der Waals surface area contributed by atoms with E-state index in [2.05, 4.69) is 15.2 Å². The minimum Gasteiger partial charge on any atom is -0.444 e. The molecule has 2 heterocycles. The van der Waals surface area contributed by atoms with Gasteiger partial charge in [0.1, 0.15) is 5.76 Å². The van der Waals surface area contributed by atoms with E-state index in [1.54, 1.807) is 18.2 Å². The summed E-state index contributed by atoms with van der Waals surface area (Å²) in [4.78, 5) is 19.1. The Hall–Kier alpha value is -1.56. The zero-order chi connectivity index (χ0) is 18.7. The molecule has 1 saturated heterocycles. The molecule has 26 heavy (non-hydrogen) atoms. The van der Waals surface area contributed by atoms with Crippen LogP contribution in [0.25, 0.3) is 0 Å². The Kier molecular flexibility index (Phi) is 6.22. The predicted octanol–water partition coefficient (Wildman–Crippen LogP) is 4.24. The van der Waals surface area contributed by atoms with Gasteiger partial charge in [-0.05, 0) is 57.8 Å². The molecule has 1 aliphatic heterocycles. The van der Waals surface area contributed by atoms with Gasteiger partial charge >= 0.3 is 0 Å². The van der Waals surface area contributed by atoms with Crippen molar-refractivity contribution in [3.05, 3.63) is 51.2 Å². The molecule has 1 aromatic carbocycles. The summed E-state index contributed by atoms with van der Waals surface area (Å²) < 4.78 is 5.66. The molecule has 2 aromatic rings. The van der Waals surface area contributed by atoms with Gasteiger partial charge in [0.25, 0.3) is 5.91 Å². The quantitative estimate of drug-likeness (QED) is 0.822. The highest BCUT2D eigenvalue weighted by Crippen LogP contribution is 2.25. The number of aromatic nitrogens is 1. The summed E-state index contributed by atoms with van der Waals surface area (Å²) in [7, 11) is 0. The second-order valence-corrected chi connectivity index (χ2v) is 7.57. The lowest BCUT2D eigenvalue weighted by atomic mass is 9.96. The van der Waals surface area contributed by atoms with Crippen LogP contribution in [0.1, 0.15) is 40.5 Å². The Morgan fingerprint density at radius 3 is 2.69 bits per heavy atom. The van der Waals surface area contributed by atoms with E-state index in [-0.39, 0.29) is 5.91 Å². The number of hydrogen-bond donors (Lipinski definition) is 1. The van der Waals surface area contributed by atoms with E-state index < -0.39 is 0 Å². The lowest BCUT2D eigenvalue weighted by Crippen LogP contribution is -2.38. The molecule has 3 rings (SSSR count). The fourth-order valence-corrected chi connectivity index (χ4v) is 3.54. The maximum Gasteiger partial charge on any atom is 0.252 e. The smallest absolute Gasteiger partial charge is 0.252 e. The van der Waals surface area contributed by atoms with E-state index in [9.17, 15) is 4.79 Å². The van der Waals surface area contributed by atoms with Gasteiger partial charge in [-0.25, -0.2) is 4.98 Å². The summed E-state index contributed by atoms with van der Waals surface area (Å²) in [6, 6.07) is 5.09. The van der Waals surface area contributed by atoms with Crippen LogP contribution in [0.3, 0.4) is 0 Å². The lowest BCUT2D eigenvalue weighted by molar-refractivity contribution is 0.0934. The maximum absolute atomic E-state index is 12.3. The Labute approximate surface area is 163 Å². The molecular formula is C19H23Cl2N3O2. The van der Waals surface area contributed by atoms with Gasteiger partial charge in [-0.15, -0.1) is 0 Å². The van der Waals surface area contributed by atoms with Crippen LogP contribution in [0.2, 0.25) is 10.0 Å². The number of nitrogens with one attached hydrogen (secondary N) is 1. The van der Waals surface area contributed by atoms with Crippen molar-refractivity contribution in [1.29, 1.82) is 0 Å². The van der Waals surface area contributed by atoms with Crippen molar-refractivity contribution in [2.24, 2.45) is 5.92 Å². The Morgan fingerprint density at radius 2 is 2.04 bits per heavy atom. The number of aryl methyl sites for hydroxylation is 2. The van der Waals surface area contributed by atoms with Crippen molar-refractivity contribution in [3.8, 4) is 0 Å². The molecule has 0 aliphatic carbocycles. The maximum atomic E-state index is 12.3. The van der Waals surface area contributed by atoms with Crippen molar-refractivity contribution >= 4 is 29.1 Å². The predicted molar refractivity (Wildman–Crippen MR) is 103 cm³/mol. The number of hydrogen-bond acceptors (Lipinski definition) is 4. The number of amides is 1. The van der Waals surface area contributed by atoms with Crippen LogP contribution >= 0.6 is 23.2 Å². The lowest BCUT2D eigenvalue weighted by Gasteiger charge is -2.31. The molecule has 7 heteroatoms. The number of benzene rings is 1. The molecule has 1 aromatic heterocycles. The zero-order valence-corrected chi connectivity index (χ0v) is 16.5. The summed E-state index contributed by atoms with van der Waals surface area (Å²) in [6.45, 7) is 7.23. The van der Waals surface area contributed by atoms with Gasteiger partial charge in [0.15, 0.2) is 0 Å². The van der Waals surface area contributed by atoms with E-state index in [0.717, 1.165) is 49.8 Å². The summed E-state index contributed by atoms with van der Waals surface area (Å²) in [6.07, 6.45) is 2.06. The first kappa shape index (κ1) is 19.2. The topological polar surface area (TPSA) is 58.4 Å². The standard InChI is InChI=1S/C19H23Cl2N3O2/c1-12-13(2)26-17(23-12)11-24-8-6-14(7-9-24)10-22-19(25)15-4-3-5-16(20)18(15)21/h3-5,14H,6-11H2,1-2H3,(H,22,25).